The molecule has 0 amide bonds. The van der Waals surface area contributed by atoms with Crippen LogP contribution in [0.4, 0.5) is 5.69 Å². The number of ketones is 1. The highest BCUT2D eigenvalue weighted by atomic mass is 16.1. The van der Waals surface area contributed by atoms with Gasteiger partial charge in [0.1, 0.15) is 5.69 Å². The van der Waals surface area contributed by atoms with Crippen LogP contribution in [0.2, 0.25) is 0 Å². The lowest BCUT2D eigenvalue weighted by atomic mass is 10.0. The van der Waals surface area contributed by atoms with E-state index < -0.39 is 0 Å². The zero-order chi connectivity index (χ0) is 17.4. The quantitative estimate of drug-likeness (QED) is 0.808. The van der Waals surface area contributed by atoms with Crippen molar-refractivity contribution in [3.63, 3.8) is 0 Å². The summed E-state index contributed by atoms with van der Waals surface area (Å²) in [5.41, 5.74) is 5.29. The lowest BCUT2D eigenvalue weighted by Crippen LogP contribution is -2.33. The van der Waals surface area contributed by atoms with Crippen LogP contribution in [0.25, 0.3) is 18.2 Å². The first-order valence-corrected chi connectivity index (χ1v) is 8.26. The molecule has 0 atom stereocenters. The maximum absolute atomic E-state index is 11.9. The number of benzene rings is 1. The van der Waals surface area contributed by atoms with E-state index >= 15 is 0 Å². The monoisotopic (exact) mass is 326 g/mol. The van der Waals surface area contributed by atoms with Crippen LogP contribution < -0.4 is 15.3 Å². The summed E-state index contributed by atoms with van der Waals surface area (Å²) in [5.74, 6) is -0.0422. The molecule has 1 aromatic heterocycles. The van der Waals surface area contributed by atoms with Gasteiger partial charge in [-0.2, -0.15) is 0 Å². The van der Waals surface area contributed by atoms with Crippen molar-refractivity contribution in [3.8, 4) is 0 Å². The summed E-state index contributed by atoms with van der Waals surface area (Å²) in [4.78, 5) is 18.3. The molecule has 1 aromatic carbocycles. The second-order valence-corrected chi connectivity index (χ2v) is 6.27. The smallest absolute Gasteiger partial charge is 0.204 e. The average molecular weight is 326 g/mol. The van der Waals surface area contributed by atoms with Crippen molar-refractivity contribution in [1.29, 1.82) is 0 Å². The van der Waals surface area contributed by atoms with E-state index in [1.807, 2.05) is 18.2 Å². The fraction of sp³-hybridized carbons (Fsp3) is 0.0909. The van der Waals surface area contributed by atoms with Crippen molar-refractivity contribution in [2.24, 2.45) is 0 Å². The Hall–Kier alpha value is -3.20. The molecule has 0 saturated heterocycles. The molecule has 2 aliphatic rings. The van der Waals surface area contributed by atoms with Gasteiger partial charge in [-0.3, -0.25) is 9.78 Å². The summed E-state index contributed by atoms with van der Waals surface area (Å²) >= 11 is 0. The van der Waals surface area contributed by atoms with Gasteiger partial charge in [0.05, 0.1) is 0 Å². The summed E-state index contributed by atoms with van der Waals surface area (Å²) in [7, 11) is 2.07. The van der Waals surface area contributed by atoms with E-state index in [4.69, 9.17) is 0 Å². The zero-order valence-electron chi connectivity index (χ0n) is 14.2. The van der Waals surface area contributed by atoms with E-state index in [1.165, 1.54) is 16.8 Å². The maximum Gasteiger partial charge on any atom is 0.204 e. The van der Waals surface area contributed by atoms with E-state index in [0.29, 0.717) is 5.69 Å². The molecule has 2 heterocycles. The second kappa shape index (κ2) is 6.02. The van der Waals surface area contributed by atoms with Crippen LogP contribution in [-0.2, 0) is 0 Å². The van der Waals surface area contributed by atoms with Crippen molar-refractivity contribution < 1.29 is 4.79 Å². The molecule has 3 heteroatoms. The Morgan fingerprint density at radius 2 is 1.96 bits per heavy atom. The van der Waals surface area contributed by atoms with Gasteiger partial charge in [0.25, 0.3) is 0 Å². The molecule has 2 aromatic rings. The molecule has 25 heavy (non-hydrogen) atoms. The number of aromatic nitrogens is 1. The third kappa shape index (κ3) is 2.74. The standard InChI is InChI=1S/C22H18N2O/c1-15-6-11-20-17(14-15)8-10-18(24(20)2)9-7-16-12-13-23-22-19(16)4-3-5-21(22)25/h3-14H,1-2H3. The minimum atomic E-state index is -0.0422. The lowest BCUT2D eigenvalue weighted by molar-refractivity contribution is 0.104. The Bertz CT molecular complexity index is 1090. The van der Waals surface area contributed by atoms with E-state index in [0.717, 1.165) is 16.1 Å². The highest BCUT2D eigenvalue weighted by Crippen LogP contribution is 2.30. The largest absolute Gasteiger partial charge is 0.344 e. The molecule has 0 fully saturated rings. The number of nitrogens with zero attached hydrogens (tertiary/aromatic N) is 2. The number of anilines is 1. The minimum Gasteiger partial charge on any atom is -0.344 e. The predicted molar refractivity (Wildman–Crippen MR) is 103 cm³/mol. The first kappa shape index (κ1) is 15.3. The minimum absolute atomic E-state index is 0.0422. The molecule has 3 nitrogen and oxygen atoms in total. The van der Waals surface area contributed by atoms with Crippen molar-refractivity contribution in [2.75, 3.05) is 11.9 Å². The van der Waals surface area contributed by atoms with Crippen LogP contribution >= 0.6 is 0 Å². The highest BCUT2D eigenvalue weighted by Gasteiger charge is 2.13. The van der Waals surface area contributed by atoms with Gasteiger partial charge in [0, 0.05) is 29.8 Å². The SMILES string of the molecule is Cc1ccc2c(c1)C=CC(=CC=c1ccnc3c1=CC=CC3=O)N2C. The number of pyridine rings is 1. The van der Waals surface area contributed by atoms with Gasteiger partial charge in [0.15, 0.2) is 0 Å². The van der Waals surface area contributed by atoms with E-state index in [-0.39, 0.29) is 5.78 Å². The Kier molecular flexibility index (Phi) is 3.69. The molecule has 0 spiro atoms. The van der Waals surface area contributed by atoms with Crippen LogP contribution in [0.15, 0.2) is 60.5 Å². The van der Waals surface area contributed by atoms with Gasteiger partial charge in [-0.25, -0.2) is 0 Å². The number of allylic oxidation sites excluding steroid dienone is 4. The molecule has 0 radical (unpaired) electrons. The Morgan fingerprint density at radius 3 is 2.84 bits per heavy atom. The number of aryl methyl sites for hydroxylation is 1. The van der Waals surface area contributed by atoms with E-state index in [9.17, 15) is 4.79 Å². The Labute approximate surface area is 146 Å². The molecular weight excluding hydrogens is 308 g/mol. The van der Waals surface area contributed by atoms with Crippen molar-refractivity contribution >= 4 is 29.7 Å². The van der Waals surface area contributed by atoms with Gasteiger partial charge in [-0.15, -0.1) is 0 Å². The fourth-order valence-electron chi connectivity index (χ4n) is 3.20. The number of hydrogen-bond acceptors (Lipinski definition) is 3. The molecule has 122 valence electrons. The number of fused-ring (bicyclic) bond motifs is 2. The molecule has 4 rings (SSSR count). The zero-order valence-corrected chi connectivity index (χ0v) is 14.2. The number of hydrogen-bond donors (Lipinski definition) is 0. The highest BCUT2D eigenvalue weighted by molar-refractivity contribution is 6.05. The first-order valence-electron chi connectivity index (χ1n) is 8.26. The van der Waals surface area contributed by atoms with E-state index in [1.54, 1.807) is 18.3 Å². The van der Waals surface area contributed by atoms with Crippen LogP contribution in [0.3, 0.4) is 0 Å². The maximum atomic E-state index is 11.9. The molecule has 1 aliphatic heterocycles. The van der Waals surface area contributed by atoms with Crippen molar-refractivity contribution in [2.45, 2.75) is 6.92 Å². The molecule has 1 aliphatic carbocycles. The number of rotatable bonds is 1. The summed E-state index contributed by atoms with van der Waals surface area (Å²) in [6.45, 7) is 2.10. The first-order chi connectivity index (χ1) is 12.1. The van der Waals surface area contributed by atoms with Gasteiger partial charge in [-0.1, -0.05) is 35.9 Å². The predicted octanol–water partition coefficient (Wildman–Crippen LogP) is 2.75. The summed E-state index contributed by atoms with van der Waals surface area (Å²) in [5, 5.41) is 1.87. The molecule has 0 unspecified atom stereocenters. The molecule has 0 N–H and O–H groups in total. The van der Waals surface area contributed by atoms with Gasteiger partial charge >= 0.3 is 0 Å². The average Bonchev–Trinajstić information content (AvgIpc) is 2.61. The van der Waals surface area contributed by atoms with Crippen molar-refractivity contribution in [1.82, 2.24) is 4.98 Å². The fourth-order valence-corrected chi connectivity index (χ4v) is 3.20. The summed E-state index contributed by atoms with van der Waals surface area (Å²) in [6.07, 6.45) is 15.3. The van der Waals surface area contributed by atoms with Crippen LogP contribution in [-0.4, -0.2) is 17.8 Å². The Morgan fingerprint density at radius 1 is 1.08 bits per heavy atom. The normalized spacial score (nSPS) is 17.5. The van der Waals surface area contributed by atoms with Gasteiger partial charge < -0.3 is 4.90 Å². The van der Waals surface area contributed by atoms with Crippen LogP contribution in [0, 0.1) is 6.92 Å². The van der Waals surface area contributed by atoms with Crippen LogP contribution in [0.5, 0.6) is 0 Å². The number of carbonyl (C=O) groups is 1. The van der Waals surface area contributed by atoms with Gasteiger partial charge in [0.2, 0.25) is 5.78 Å². The number of carbonyl (C=O) groups excluding carboxylic acids is 1. The van der Waals surface area contributed by atoms with E-state index in [2.05, 4.69) is 60.3 Å². The van der Waals surface area contributed by atoms with Crippen molar-refractivity contribution in [3.05, 3.63) is 87.7 Å². The topological polar surface area (TPSA) is 33.2 Å². The number of likely N-dealkylation sites (N-methyl/N-ethyl adjacent to an activating group) is 1. The lowest BCUT2D eigenvalue weighted by Gasteiger charge is -2.26. The summed E-state index contributed by atoms with van der Waals surface area (Å²) < 4.78 is 0. The third-order valence-electron chi connectivity index (χ3n) is 4.57. The summed E-state index contributed by atoms with van der Waals surface area (Å²) in [6, 6.07) is 8.40. The third-order valence-corrected chi connectivity index (χ3v) is 4.57. The van der Waals surface area contributed by atoms with Crippen LogP contribution in [0.1, 0.15) is 21.6 Å². The molecule has 0 saturated carbocycles. The van der Waals surface area contributed by atoms with Gasteiger partial charge in [-0.05, 0) is 54.1 Å². The molecule has 0 bridgehead atoms. The second-order valence-electron chi connectivity index (χ2n) is 6.27. The Balaban J connectivity index is 1.79. The molecular formula is C22H18N2O.